The topological polar surface area (TPSA) is 0 Å². The van der Waals surface area contributed by atoms with Gasteiger partial charge in [-0.1, -0.05) is 47.1 Å². The fourth-order valence-corrected chi connectivity index (χ4v) is 3.03. The Morgan fingerprint density at radius 1 is 0.765 bits per heavy atom. The van der Waals surface area contributed by atoms with Gasteiger partial charge in [0.25, 0.3) is 0 Å². The molecule has 2 aromatic rings. The Hall–Kier alpha value is -0.630. The van der Waals surface area contributed by atoms with E-state index in [2.05, 4.69) is 13.8 Å². The van der Waals surface area contributed by atoms with Crippen molar-refractivity contribution in [3.8, 4) is 0 Å². The minimum absolute atomic E-state index is 0.762. The molecule has 0 amide bonds. The third kappa shape index (κ3) is 3.19. The monoisotopic (exact) mass is 282 g/mol. The first kappa shape index (κ1) is 12.8. The standard InChI is InChI=1S/C14H12Cl2S/c1-9-3-5-11(15)7-13(9)17-14-8-12(16)6-4-10(14)2/h3-8H,1-2H3. The van der Waals surface area contributed by atoms with Crippen molar-refractivity contribution in [2.45, 2.75) is 23.6 Å². The number of hydrogen-bond acceptors (Lipinski definition) is 1. The lowest BCUT2D eigenvalue weighted by Crippen LogP contribution is -1.83. The summed E-state index contributed by atoms with van der Waals surface area (Å²) in [6.45, 7) is 4.16. The van der Waals surface area contributed by atoms with Crippen molar-refractivity contribution in [2.75, 3.05) is 0 Å². The Morgan fingerprint density at radius 3 is 1.59 bits per heavy atom. The lowest BCUT2D eigenvalue weighted by molar-refractivity contribution is 1.26. The van der Waals surface area contributed by atoms with Crippen LogP contribution in [-0.2, 0) is 0 Å². The SMILES string of the molecule is Cc1ccc(Cl)cc1Sc1cc(Cl)ccc1C. The predicted octanol–water partition coefficient (Wildman–Crippen LogP) is 5.76. The molecule has 0 aliphatic carbocycles. The van der Waals surface area contributed by atoms with E-state index in [0.717, 1.165) is 10.0 Å². The van der Waals surface area contributed by atoms with Crippen LogP contribution >= 0.6 is 35.0 Å². The number of benzene rings is 2. The molecular weight excluding hydrogens is 271 g/mol. The second-order valence-electron chi connectivity index (χ2n) is 3.92. The van der Waals surface area contributed by atoms with Crippen LogP contribution in [0.1, 0.15) is 11.1 Å². The molecule has 0 nitrogen and oxygen atoms in total. The summed E-state index contributed by atoms with van der Waals surface area (Å²) in [5.74, 6) is 0. The van der Waals surface area contributed by atoms with Crippen LogP contribution in [0.25, 0.3) is 0 Å². The first-order chi connectivity index (χ1) is 8.06. The van der Waals surface area contributed by atoms with Gasteiger partial charge in [0.2, 0.25) is 0 Å². The molecule has 0 unspecified atom stereocenters. The summed E-state index contributed by atoms with van der Waals surface area (Å²) in [5.41, 5.74) is 2.44. The maximum atomic E-state index is 6.01. The highest BCUT2D eigenvalue weighted by Crippen LogP contribution is 2.35. The van der Waals surface area contributed by atoms with E-state index in [4.69, 9.17) is 23.2 Å². The number of aryl methyl sites for hydroxylation is 2. The maximum absolute atomic E-state index is 6.01. The van der Waals surface area contributed by atoms with Gasteiger partial charge in [0.05, 0.1) is 0 Å². The Kier molecular flexibility index (Phi) is 4.03. The zero-order valence-electron chi connectivity index (χ0n) is 9.63. The van der Waals surface area contributed by atoms with Crippen molar-refractivity contribution >= 4 is 35.0 Å². The van der Waals surface area contributed by atoms with Crippen LogP contribution in [0.2, 0.25) is 10.0 Å². The van der Waals surface area contributed by atoms with Crippen LogP contribution < -0.4 is 0 Å². The summed E-state index contributed by atoms with van der Waals surface area (Å²) in [6, 6.07) is 11.9. The van der Waals surface area contributed by atoms with Crippen LogP contribution in [0.5, 0.6) is 0 Å². The predicted molar refractivity (Wildman–Crippen MR) is 76.5 cm³/mol. The molecule has 0 aliphatic rings. The number of rotatable bonds is 2. The molecule has 0 saturated carbocycles. The molecule has 3 heteroatoms. The molecule has 17 heavy (non-hydrogen) atoms. The van der Waals surface area contributed by atoms with Gasteiger partial charge in [0, 0.05) is 19.8 Å². The zero-order valence-corrected chi connectivity index (χ0v) is 12.0. The molecule has 2 aromatic carbocycles. The fraction of sp³-hybridized carbons (Fsp3) is 0.143. The van der Waals surface area contributed by atoms with Crippen molar-refractivity contribution in [1.29, 1.82) is 0 Å². The lowest BCUT2D eigenvalue weighted by Gasteiger charge is -2.09. The van der Waals surface area contributed by atoms with E-state index in [0.29, 0.717) is 0 Å². The molecule has 2 rings (SSSR count). The summed E-state index contributed by atoms with van der Waals surface area (Å²) in [6.07, 6.45) is 0. The van der Waals surface area contributed by atoms with Crippen molar-refractivity contribution < 1.29 is 0 Å². The summed E-state index contributed by atoms with van der Waals surface area (Å²) in [5, 5.41) is 1.52. The molecule has 0 saturated heterocycles. The third-order valence-electron chi connectivity index (χ3n) is 2.52. The number of halogens is 2. The molecule has 0 N–H and O–H groups in total. The molecule has 0 aliphatic heterocycles. The largest absolute Gasteiger partial charge is 0.0894 e. The highest BCUT2D eigenvalue weighted by molar-refractivity contribution is 7.99. The lowest BCUT2D eigenvalue weighted by atomic mass is 10.2. The minimum atomic E-state index is 0.762. The average Bonchev–Trinajstić information content (AvgIpc) is 2.28. The Labute approximate surface area is 116 Å². The minimum Gasteiger partial charge on any atom is -0.0894 e. The van der Waals surface area contributed by atoms with Crippen molar-refractivity contribution in [3.63, 3.8) is 0 Å². The molecule has 88 valence electrons. The van der Waals surface area contributed by atoms with E-state index >= 15 is 0 Å². The van der Waals surface area contributed by atoms with Crippen LogP contribution in [0, 0.1) is 13.8 Å². The highest BCUT2D eigenvalue weighted by Gasteiger charge is 2.05. The van der Waals surface area contributed by atoms with Gasteiger partial charge >= 0.3 is 0 Å². The smallest absolute Gasteiger partial charge is 0.0417 e. The van der Waals surface area contributed by atoms with Gasteiger partial charge in [-0.25, -0.2) is 0 Å². The number of hydrogen-bond donors (Lipinski definition) is 0. The van der Waals surface area contributed by atoms with E-state index in [-0.39, 0.29) is 0 Å². The molecule has 0 aromatic heterocycles. The summed E-state index contributed by atoms with van der Waals surface area (Å²) in [4.78, 5) is 2.34. The van der Waals surface area contributed by atoms with E-state index in [1.807, 2.05) is 36.4 Å². The van der Waals surface area contributed by atoms with E-state index in [1.165, 1.54) is 20.9 Å². The van der Waals surface area contributed by atoms with Gasteiger partial charge in [0.15, 0.2) is 0 Å². The Morgan fingerprint density at radius 2 is 1.18 bits per heavy atom. The molecule has 0 spiro atoms. The second kappa shape index (κ2) is 5.34. The molecular formula is C14H12Cl2S. The van der Waals surface area contributed by atoms with Crippen LogP contribution in [0.15, 0.2) is 46.2 Å². The van der Waals surface area contributed by atoms with Gasteiger partial charge < -0.3 is 0 Å². The average molecular weight is 283 g/mol. The normalized spacial score (nSPS) is 10.6. The summed E-state index contributed by atoms with van der Waals surface area (Å²) < 4.78 is 0. The first-order valence-corrected chi connectivity index (χ1v) is 6.83. The quantitative estimate of drug-likeness (QED) is 0.675. The van der Waals surface area contributed by atoms with E-state index < -0.39 is 0 Å². The van der Waals surface area contributed by atoms with E-state index in [1.54, 1.807) is 11.8 Å². The van der Waals surface area contributed by atoms with Crippen LogP contribution in [0.3, 0.4) is 0 Å². The van der Waals surface area contributed by atoms with Gasteiger partial charge in [-0.05, 0) is 49.2 Å². The van der Waals surface area contributed by atoms with Gasteiger partial charge in [-0.3, -0.25) is 0 Å². The van der Waals surface area contributed by atoms with Crippen molar-refractivity contribution in [1.82, 2.24) is 0 Å². The zero-order chi connectivity index (χ0) is 12.4. The van der Waals surface area contributed by atoms with Gasteiger partial charge in [-0.15, -0.1) is 0 Å². The van der Waals surface area contributed by atoms with Crippen molar-refractivity contribution in [2.24, 2.45) is 0 Å². The maximum Gasteiger partial charge on any atom is 0.0417 e. The van der Waals surface area contributed by atoms with Crippen molar-refractivity contribution in [3.05, 3.63) is 57.6 Å². The van der Waals surface area contributed by atoms with E-state index in [9.17, 15) is 0 Å². The second-order valence-corrected chi connectivity index (χ2v) is 5.88. The Bertz CT molecular complexity index is 500. The third-order valence-corrected chi connectivity index (χ3v) is 4.31. The van der Waals surface area contributed by atoms with Gasteiger partial charge in [-0.2, -0.15) is 0 Å². The summed E-state index contributed by atoms with van der Waals surface area (Å²) in [7, 11) is 0. The van der Waals surface area contributed by atoms with Crippen LogP contribution in [-0.4, -0.2) is 0 Å². The molecule has 0 radical (unpaired) electrons. The Balaban J connectivity index is 2.37. The van der Waals surface area contributed by atoms with Gasteiger partial charge in [0.1, 0.15) is 0 Å². The summed E-state index contributed by atoms with van der Waals surface area (Å²) >= 11 is 13.7. The fourth-order valence-electron chi connectivity index (χ4n) is 1.49. The molecule has 0 bridgehead atoms. The van der Waals surface area contributed by atoms with Crippen LogP contribution in [0.4, 0.5) is 0 Å². The first-order valence-electron chi connectivity index (χ1n) is 5.26. The highest BCUT2D eigenvalue weighted by atomic mass is 35.5. The molecule has 0 fully saturated rings. The molecule has 0 heterocycles. The molecule has 0 atom stereocenters.